The fraction of sp³-hybridized carbons (Fsp3) is 0.714. The van der Waals surface area contributed by atoms with Gasteiger partial charge in [0, 0.05) is 6.04 Å². The van der Waals surface area contributed by atoms with Crippen LogP contribution in [-0.2, 0) is 0 Å². The van der Waals surface area contributed by atoms with E-state index in [2.05, 4.69) is 24.0 Å². The van der Waals surface area contributed by atoms with Crippen molar-refractivity contribution in [2.45, 2.75) is 32.9 Å². The van der Waals surface area contributed by atoms with Gasteiger partial charge in [0.15, 0.2) is 0 Å². The van der Waals surface area contributed by atoms with Gasteiger partial charge in [-0.05, 0) is 20.8 Å². The van der Waals surface area contributed by atoms with Crippen molar-refractivity contribution in [1.29, 1.82) is 0 Å². The summed E-state index contributed by atoms with van der Waals surface area (Å²) in [5.74, 6) is 0.847. The van der Waals surface area contributed by atoms with Crippen LogP contribution in [0.15, 0.2) is 6.33 Å². The minimum absolute atomic E-state index is 0. The SMILES string of the molecule is CC(N)c1nncn1C(C)C.Cl.Cl.Cl. The second-order valence-electron chi connectivity index (χ2n) is 2.98. The molecule has 0 radical (unpaired) electrons. The van der Waals surface area contributed by atoms with Crippen molar-refractivity contribution in [3.63, 3.8) is 0 Å². The van der Waals surface area contributed by atoms with Gasteiger partial charge in [0.05, 0.1) is 6.04 Å². The molecule has 0 saturated heterocycles. The Morgan fingerprint density at radius 2 is 1.71 bits per heavy atom. The van der Waals surface area contributed by atoms with Crippen LogP contribution in [0.25, 0.3) is 0 Å². The predicted octanol–water partition coefficient (Wildman–Crippen LogP) is 2.14. The fourth-order valence-electron chi connectivity index (χ4n) is 0.975. The summed E-state index contributed by atoms with van der Waals surface area (Å²) in [6.45, 7) is 6.06. The van der Waals surface area contributed by atoms with Gasteiger partial charge in [0.2, 0.25) is 0 Å². The molecule has 4 nitrogen and oxygen atoms in total. The molecule has 1 aromatic rings. The molecular weight excluding hydrogens is 246 g/mol. The molecule has 14 heavy (non-hydrogen) atoms. The highest BCUT2D eigenvalue weighted by molar-refractivity contribution is 5.86. The van der Waals surface area contributed by atoms with Gasteiger partial charge in [-0.25, -0.2) is 0 Å². The van der Waals surface area contributed by atoms with E-state index in [-0.39, 0.29) is 43.3 Å². The third kappa shape index (κ3) is 4.46. The van der Waals surface area contributed by atoms with Gasteiger partial charge >= 0.3 is 0 Å². The third-order valence-electron chi connectivity index (χ3n) is 1.56. The lowest BCUT2D eigenvalue weighted by atomic mass is 10.3. The lowest BCUT2D eigenvalue weighted by Crippen LogP contribution is -2.14. The summed E-state index contributed by atoms with van der Waals surface area (Å²) in [6, 6.07) is 0.339. The molecule has 0 amide bonds. The fourth-order valence-corrected chi connectivity index (χ4v) is 0.975. The van der Waals surface area contributed by atoms with Gasteiger partial charge in [-0.3, -0.25) is 0 Å². The minimum Gasteiger partial charge on any atom is -0.322 e. The Bertz CT molecular complexity index is 214. The molecule has 1 unspecified atom stereocenters. The second kappa shape index (κ2) is 8.29. The quantitative estimate of drug-likeness (QED) is 0.889. The van der Waals surface area contributed by atoms with E-state index in [0.29, 0.717) is 6.04 Å². The van der Waals surface area contributed by atoms with E-state index in [1.165, 1.54) is 0 Å². The van der Waals surface area contributed by atoms with E-state index < -0.39 is 0 Å². The molecule has 0 aliphatic heterocycles. The Balaban J connectivity index is -0.000000403. The number of halogens is 3. The van der Waals surface area contributed by atoms with Crippen LogP contribution in [-0.4, -0.2) is 14.8 Å². The number of hydrogen-bond donors (Lipinski definition) is 1. The van der Waals surface area contributed by atoms with Gasteiger partial charge in [-0.15, -0.1) is 47.4 Å². The zero-order valence-electron chi connectivity index (χ0n) is 8.38. The van der Waals surface area contributed by atoms with E-state index in [9.17, 15) is 0 Å². The summed E-state index contributed by atoms with van der Waals surface area (Å²) >= 11 is 0. The van der Waals surface area contributed by atoms with Crippen LogP contribution < -0.4 is 5.73 Å². The molecule has 7 heteroatoms. The summed E-state index contributed by atoms with van der Waals surface area (Å²) in [6.07, 6.45) is 1.71. The molecule has 2 N–H and O–H groups in total. The first-order valence-corrected chi connectivity index (χ1v) is 3.78. The summed E-state index contributed by atoms with van der Waals surface area (Å²) < 4.78 is 1.98. The second-order valence-corrected chi connectivity index (χ2v) is 2.98. The maximum atomic E-state index is 5.67. The highest BCUT2D eigenvalue weighted by Gasteiger charge is 2.09. The Hall–Kier alpha value is -0.0300. The maximum Gasteiger partial charge on any atom is 0.149 e. The Morgan fingerprint density at radius 3 is 2.00 bits per heavy atom. The molecule has 0 aliphatic rings. The highest BCUT2D eigenvalue weighted by Crippen LogP contribution is 2.11. The molecule has 86 valence electrons. The van der Waals surface area contributed by atoms with Gasteiger partial charge in [0.25, 0.3) is 0 Å². The van der Waals surface area contributed by atoms with E-state index in [4.69, 9.17) is 5.73 Å². The molecule has 1 heterocycles. The first-order chi connectivity index (χ1) is 5.13. The summed E-state index contributed by atoms with van der Waals surface area (Å²) in [7, 11) is 0. The average molecular weight is 264 g/mol. The normalized spacial score (nSPS) is 10.9. The lowest BCUT2D eigenvalue weighted by Gasteiger charge is -2.11. The molecule has 0 fully saturated rings. The molecule has 1 rings (SSSR count). The van der Waals surface area contributed by atoms with Crippen molar-refractivity contribution in [3.8, 4) is 0 Å². The number of aromatic nitrogens is 3. The Labute approximate surface area is 103 Å². The van der Waals surface area contributed by atoms with Crippen molar-refractivity contribution in [2.75, 3.05) is 0 Å². The monoisotopic (exact) mass is 262 g/mol. The Morgan fingerprint density at radius 1 is 1.21 bits per heavy atom. The smallest absolute Gasteiger partial charge is 0.149 e. The van der Waals surface area contributed by atoms with Gasteiger partial charge in [-0.2, -0.15) is 0 Å². The standard InChI is InChI=1S/C7H14N4.3ClH/c1-5(2)11-4-9-10-7(11)6(3)8;;;/h4-6H,8H2,1-3H3;3*1H. The lowest BCUT2D eigenvalue weighted by molar-refractivity contribution is 0.543. The highest BCUT2D eigenvalue weighted by atomic mass is 35.5. The molecule has 0 aromatic carbocycles. The maximum absolute atomic E-state index is 5.67. The Kier molecular flexibility index (Phi) is 11.6. The molecule has 1 atom stereocenters. The van der Waals surface area contributed by atoms with Crippen molar-refractivity contribution >= 4 is 37.2 Å². The zero-order valence-corrected chi connectivity index (χ0v) is 10.8. The largest absolute Gasteiger partial charge is 0.322 e. The van der Waals surface area contributed by atoms with Crippen LogP contribution in [0.3, 0.4) is 0 Å². The average Bonchev–Trinajstić information content (AvgIpc) is 2.32. The van der Waals surface area contributed by atoms with Crippen LogP contribution in [0.2, 0.25) is 0 Å². The van der Waals surface area contributed by atoms with Crippen molar-refractivity contribution in [1.82, 2.24) is 14.8 Å². The van der Waals surface area contributed by atoms with Crippen LogP contribution >= 0.6 is 37.2 Å². The van der Waals surface area contributed by atoms with E-state index in [1.54, 1.807) is 6.33 Å². The predicted molar refractivity (Wildman–Crippen MR) is 64.8 cm³/mol. The van der Waals surface area contributed by atoms with Gasteiger partial charge in [-0.1, -0.05) is 0 Å². The van der Waals surface area contributed by atoms with Crippen LogP contribution in [0.1, 0.15) is 38.7 Å². The first-order valence-electron chi connectivity index (χ1n) is 3.78. The summed E-state index contributed by atoms with van der Waals surface area (Å²) in [5, 5.41) is 7.72. The van der Waals surface area contributed by atoms with Gasteiger partial charge in [0.1, 0.15) is 12.2 Å². The molecule has 0 saturated carbocycles. The zero-order chi connectivity index (χ0) is 8.43. The third-order valence-corrected chi connectivity index (χ3v) is 1.56. The topological polar surface area (TPSA) is 56.7 Å². The molecule has 0 aliphatic carbocycles. The minimum atomic E-state index is -0.0418. The van der Waals surface area contributed by atoms with Crippen molar-refractivity contribution in [3.05, 3.63) is 12.2 Å². The summed E-state index contributed by atoms with van der Waals surface area (Å²) in [4.78, 5) is 0. The number of nitrogens with two attached hydrogens (primary N) is 1. The van der Waals surface area contributed by atoms with Crippen LogP contribution in [0.5, 0.6) is 0 Å². The van der Waals surface area contributed by atoms with E-state index in [1.807, 2.05) is 11.5 Å². The molecule has 0 spiro atoms. The number of hydrogen-bond acceptors (Lipinski definition) is 3. The van der Waals surface area contributed by atoms with Crippen molar-refractivity contribution < 1.29 is 0 Å². The first kappa shape index (κ1) is 19.5. The number of rotatable bonds is 2. The van der Waals surface area contributed by atoms with E-state index in [0.717, 1.165) is 5.82 Å². The van der Waals surface area contributed by atoms with Gasteiger partial charge < -0.3 is 10.3 Å². The van der Waals surface area contributed by atoms with Crippen LogP contribution in [0, 0.1) is 0 Å². The molecule has 0 bridgehead atoms. The summed E-state index contributed by atoms with van der Waals surface area (Å²) in [5.41, 5.74) is 5.67. The van der Waals surface area contributed by atoms with Crippen LogP contribution in [0.4, 0.5) is 0 Å². The molecule has 1 aromatic heterocycles. The molecular formula is C7H17Cl3N4. The van der Waals surface area contributed by atoms with Crippen molar-refractivity contribution in [2.24, 2.45) is 5.73 Å². The number of nitrogens with zero attached hydrogens (tertiary/aromatic N) is 3. The van der Waals surface area contributed by atoms with E-state index >= 15 is 0 Å².